The molecule has 0 aromatic carbocycles. The van der Waals surface area contributed by atoms with Crippen molar-refractivity contribution in [2.45, 2.75) is 31.6 Å². The lowest BCUT2D eigenvalue weighted by molar-refractivity contribution is 0.0663. The summed E-state index contributed by atoms with van der Waals surface area (Å²) in [5, 5.41) is 5.06. The van der Waals surface area contributed by atoms with Crippen molar-refractivity contribution < 1.29 is 17.6 Å². The fraction of sp³-hybridized carbons (Fsp3) is 0.583. The Labute approximate surface area is 112 Å². The highest BCUT2D eigenvalue weighted by molar-refractivity contribution is 7.89. The molecule has 106 valence electrons. The van der Waals surface area contributed by atoms with Crippen LogP contribution in [0.1, 0.15) is 36.1 Å². The van der Waals surface area contributed by atoms with Crippen molar-refractivity contribution in [2.24, 2.45) is 11.1 Å². The molecule has 0 bridgehead atoms. The second-order valence-electron chi connectivity index (χ2n) is 5.05. The number of furan rings is 1. The quantitative estimate of drug-likeness (QED) is 0.881. The number of hydrogen-bond acceptors (Lipinski definition) is 4. The van der Waals surface area contributed by atoms with Gasteiger partial charge in [0.05, 0.1) is 0 Å². The highest BCUT2D eigenvalue weighted by Gasteiger charge is 2.26. The normalized spacial score (nSPS) is 17.7. The van der Waals surface area contributed by atoms with Gasteiger partial charge < -0.3 is 9.32 Å². The van der Waals surface area contributed by atoms with Crippen molar-refractivity contribution >= 4 is 15.9 Å². The summed E-state index contributed by atoms with van der Waals surface area (Å²) < 4.78 is 27.8. The standard InChI is InChI=1S/C12H18N2O4S/c1-8-3-5-14(6-4-8)12(15)10-7-11(9(2)18-10)19(13,16)17/h7-8H,3-6H2,1-2H3,(H2,13,16,17). The summed E-state index contributed by atoms with van der Waals surface area (Å²) in [4.78, 5) is 13.8. The molecule has 0 saturated carbocycles. The van der Waals surface area contributed by atoms with Crippen LogP contribution in [-0.2, 0) is 10.0 Å². The van der Waals surface area contributed by atoms with E-state index in [0.29, 0.717) is 19.0 Å². The van der Waals surface area contributed by atoms with E-state index in [4.69, 9.17) is 9.56 Å². The predicted molar refractivity (Wildman–Crippen MR) is 69.1 cm³/mol. The molecule has 0 aliphatic carbocycles. The van der Waals surface area contributed by atoms with E-state index in [2.05, 4.69) is 6.92 Å². The number of aryl methyl sites for hydroxylation is 1. The van der Waals surface area contributed by atoms with Crippen LogP contribution in [-0.4, -0.2) is 32.3 Å². The SMILES string of the molecule is Cc1oc(C(=O)N2CCC(C)CC2)cc1S(N)(=O)=O. The van der Waals surface area contributed by atoms with Gasteiger partial charge in [-0.25, -0.2) is 13.6 Å². The second kappa shape index (κ2) is 4.97. The zero-order chi connectivity index (χ0) is 14.2. The topological polar surface area (TPSA) is 93.6 Å². The summed E-state index contributed by atoms with van der Waals surface area (Å²) in [6, 6.07) is 1.21. The van der Waals surface area contributed by atoms with E-state index in [1.807, 2.05) is 0 Å². The van der Waals surface area contributed by atoms with E-state index in [0.717, 1.165) is 12.8 Å². The summed E-state index contributed by atoms with van der Waals surface area (Å²) in [7, 11) is -3.85. The Morgan fingerprint density at radius 2 is 2.00 bits per heavy atom. The van der Waals surface area contributed by atoms with Gasteiger partial charge in [0.1, 0.15) is 10.7 Å². The first-order valence-electron chi connectivity index (χ1n) is 6.21. The number of carbonyl (C=O) groups is 1. The third kappa shape index (κ3) is 2.98. The number of hydrogen-bond donors (Lipinski definition) is 1. The Kier molecular flexibility index (Phi) is 3.69. The van der Waals surface area contributed by atoms with Crippen LogP contribution in [0.15, 0.2) is 15.4 Å². The van der Waals surface area contributed by atoms with Gasteiger partial charge in [0.25, 0.3) is 5.91 Å². The molecule has 2 N–H and O–H groups in total. The molecule has 0 spiro atoms. The van der Waals surface area contributed by atoms with Crippen molar-refractivity contribution in [2.75, 3.05) is 13.1 Å². The van der Waals surface area contributed by atoms with Crippen molar-refractivity contribution in [3.05, 3.63) is 17.6 Å². The number of primary sulfonamides is 1. The zero-order valence-corrected chi connectivity index (χ0v) is 11.9. The molecular weight excluding hydrogens is 268 g/mol. The lowest BCUT2D eigenvalue weighted by atomic mass is 9.99. The lowest BCUT2D eigenvalue weighted by Crippen LogP contribution is -2.37. The molecule has 2 heterocycles. The number of piperidine rings is 1. The highest BCUT2D eigenvalue weighted by Crippen LogP contribution is 2.22. The number of likely N-dealkylation sites (tertiary alicyclic amines) is 1. The maximum Gasteiger partial charge on any atom is 0.289 e. The minimum absolute atomic E-state index is 0.0380. The molecule has 0 unspecified atom stereocenters. The van der Waals surface area contributed by atoms with Crippen molar-refractivity contribution in [1.82, 2.24) is 4.90 Å². The van der Waals surface area contributed by atoms with E-state index in [9.17, 15) is 13.2 Å². The Bertz CT molecular complexity index is 583. The molecule has 7 heteroatoms. The number of nitrogens with two attached hydrogens (primary N) is 1. The largest absolute Gasteiger partial charge is 0.455 e. The molecule has 1 aliphatic rings. The molecule has 1 fully saturated rings. The highest BCUT2D eigenvalue weighted by atomic mass is 32.2. The van der Waals surface area contributed by atoms with Gasteiger partial charge in [-0.1, -0.05) is 6.92 Å². The lowest BCUT2D eigenvalue weighted by Gasteiger charge is -2.29. The van der Waals surface area contributed by atoms with Crippen LogP contribution in [0.2, 0.25) is 0 Å². The summed E-state index contributed by atoms with van der Waals surface area (Å²) in [5.41, 5.74) is 0. The summed E-state index contributed by atoms with van der Waals surface area (Å²) in [6.07, 6.45) is 1.90. The molecule has 1 aliphatic heterocycles. The third-order valence-electron chi connectivity index (χ3n) is 3.46. The summed E-state index contributed by atoms with van der Waals surface area (Å²) in [6.45, 7) is 4.97. The first kappa shape index (κ1) is 14.1. The summed E-state index contributed by atoms with van der Waals surface area (Å²) >= 11 is 0. The number of sulfonamides is 1. The van der Waals surface area contributed by atoms with Crippen LogP contribution >= 0.6 is 0 Å². The van der Waals surface area contributed by atoms with E-state index in [1.54, 1.807) is 4.90 Å². The number of carbonyl (C=O) groups excluding carboxylic acids is 1. The van der Waals surface area contributed by atoms with Gasteiger partial charge in [-0.05, 0) is 25.7 Å². The summed E-state index contributed by atoms with van der Waals surface area (Å²) in [5.74, 6) is 0.527. The van der Waals surface area contributed by atoms with E-state index < -0.39 is 10.0 Å². The first-order valence-corrected chi connectivity index (χ1v) is 7.76. The molecular formula is C12H18N2O4S. The fourth-order valence-electron chi connectivity index (χ4n) is 2.22. The smallest absolute Gasteiger partial charge is 0.289 e. The minimum Gasteiger partial charge on any atom is -0.455 e. The van der Waals surface area contributed by atoms with Gasteiger partial charge in [-0.2, -0.15) is 0 Å². The van der Waals surface area contributed by atoms with Crippen LogP contribution in [0.25, 0.3) is 0 Å². The second-order valence-corrected chi connectivity index (χ2v) is 6.58. The average molecular weight is 286 g/mol. The Balaban J connectivity index is 2.21. The Hall–Kier alpha value is -1.34. The molecule has 2 rings (SSSR count). The van der Waals surface area contributed by atoms with Crippen molar-refractivity contribution in [1.29, 1.82) is 0 Å². The fourth-order valence-corrected chi connectivity index (χ4v) is 2.93. The van der Waals surface area contributed by atoms with Crippen LogP contribution in [0.3, 0.4) is 0 Å². The van der Waals surface area contributed by atoms with Crippen molar-refractivity contribution in [3.63, 3.8) is 0 Å². The third-order valence-corrected chi connectivity index (χ3v) is 4.48. The van der Waals surface area contributed by atoms with Gasteiger partial charge in [0.15, 0.2) is 5.76 Å². The van der Waals surface area contributed by atoms with Crippen LogP contribution in [0.5, 0.6) is 0 Å². The maximum absolute atomic E-state index is 12.2. The van der Waals surface area contributed by atoms with E-state index in [1.165, 1.54) is 13.0 Å². The Morgan fingerprint density at radius 3 is 2.47 bits per heavy atom. The van der Waals surface area contributed by atoms with Crippen LogP contribution < -0.4 is 5.14 Å². The monoisotopic (exact) mass is 286 g/mol. The maximum atomic E-state index is 12.2. The van der Waals surface area contributed by atoms with E-state index in [-0.39, 0.29) is 22.3 Å². The van der Waals surface area contributed by atoms with Crippen LogP contribution in [0.4, 0.5) is 0 Å². The molecule has 19 heavy (non-hydrogen) atoms. The van der Waals surface area contributed by atoms with Gasteiger partial charge in [0.2, 0.25) is 10.0 Å². The molecule has 6 nitrogen and oxygen atoms in total. The Morgan fingerprint density at radius 1 is 1.42 bits per heavy atom. The molecule has 1 aromatic heterocycles. The van der Waals surface area contributed by atoms with Gasteiger partial charge in [-0.3, -0.25) is 4.79 Å². The first-order chi connectivity index (χ1) is 8.79. The van der Waals surface area contributed by atoms with Gasteiger partial charge >= 0.3 is 0 Å². The molecule has 1 aromatic rings. The molecule has 1 saturated heterocycles. The van der Waals surface area contributed by atoms with Gasteiger partial charge in [0, 0.05) is 19.2 Å². The number of nitrogens with zero attached hydrogens (tertiary/aromatic N) is 1. The molecule has 0 atom stereocenters. The van der Waals surface area contributed by atoms with Crippen molar-refractivity contribution in [3.8, 4) is 0 Å². The average Bonchev–Trinajstić information content (AvgIpc) is 2.71. The molecule has 0 radical (unpaired) electrons. The predicted octanol–water partition coefficient (Wildman–Crippen LogP) is 1.11. The minimum atomic E-state index is -3.85. The zero-order valence-electron chi connectivity index (χ0n) is 11.0. The van der Waals surface area contributed by atoms with Gasteiger partial charge in [-0.15, -0.1) is 0 Å². The number of amides is 1. The number of rotatable bonds is 2. The van der Waals surface area contributed by atoms with E-state index >= 15 is 0 Å². The van der Waals surface area contributed by atoms with Crippen LogP contribution in [0, 0.1) is 12.8 Å². The molecule has 1 amide bonds.